The van der Waals surface area contributed by atoms with Crippen LogP contribution in [0.5, 0.6) is 0 Å². The molecule has 4 rings (SSSR count). The van der Waals surface area contributed by atoms with Gasteiger partial charge in [0.2, 0.25) is 0 Å². The van der Waals surface area contributed by atoms with Crippen molar-refractivity contribution in [2.75, 3.05) is 0 Å². The van der Waals surface area contributed by atoms with Gasteiger partial charge in [-0.05, 0) is 35.4 Å². The molecule has 2 aromatic carbocycles. The van der Waals surface area contributed by atoms with Crippen LogP contribution >= 0.6 is 0 Å². The van der Waals surface area contributed by atoms with E-state index in [1.165, 1.54) is 18.3 Å². The molecule has 0 fully saturated rings. The van der Waals surface area contributed by atoms with Gasteiger partial charge in [-0.15, -0.1) is 0 Å². The van der Waals surface area contributed by atoms with Gasteiger partial charge in [0.25, 0.3) is 5.91 Å². The standard InChI is InChI=1S/C21H16F2N4O/c22-11-13-3-5-14(6-4-13)19(20-17(23)2-1-9-24-20)26-21(28)15-7-8-16-12-25-27-18(16)10-15/h1-10,12,19H,11H2,(H,25,27)(H,26,28)/t19-/m0/s1. The second-order valence-corrected chi connectivity index (χ2v) is 6.32. The first-order valence-corrected chi connectivity index (χ1v) is 8.65. The van der Waals surface area contributed by atoms with Crippen molar-refractivity contribution in [2.45, 2.75) is 12.7 Å². The van der Waals surface area contributed by atoms with Crippen LogP contribution in [-0.2, 0) is 6.67 Å². The van der Waals surface area contributed by atoms with Crippen molar-refractivity contribution in [1.82, 2.24) is 20.5 Å². The van der Waals surface area contributed by atoms with Crippen molar-refractivity contribution < 1.29 is 13.6 Å². The minimum atomic E-state index is -0.820. The molecule has 7 heteroatoms. The van der Waals surface area contributed by atoms with E-state index >= 15 is 0 Å². The third kappa shape index (κ3) is 3.46. The molecule has 0 unspecified atom stereocenters. The van der Waals surface area contributed by atoms with Gasteiger partial charge >= 0.3 is 0 Å². The summed E-state index contributed by atoms with van der Waals surface area (Å²) >= 11 is 0. The van der Waals surface area contributed by atoms with E-state index in [1.54, 1.807) is 48.7 Å². The lowest BCUT2D eigenvalue weighted by atomic mass is 10.0. The Morgan fingerprint density at radius 3 is 2.71 bits per heavy atom. The Morgan fingerprint density at radius 1 is 1.14 bits per heavy atom. The fraction of sp³-hybridized carbons (Fsp3) is 0.0952. The molecule has 2 heterocycles. The van der Waals surface area contributed by atoms with E-state index in [1.807, 2.05) is 0 Å². The van der Waals surface area contributed by atoms with Crippen LogP contribution in [0, 0.1) is 5.82 Å². The first-order chi connectivity index (χ1) is 13.7. The zero-order valence-corrected chi connectivity index (χ0v) is 14.7. The number of aromatic amines is 1. The molecule has 4 aromatic rings. The van der Waals surface area contributed by atoms with Gasteiger partial charge in [-0.1, -0.05) is 30.3 Å². The molecule has 0 radical (unpaired) electrons. The summed E-state index contributed by atoms with van der Waals surface area (Å²) in [5, 5.41) is 10.5. The van der Waals surface area contributed by atoms with Crippen LogP contribution in [0.4, 0.5) is 8.78 Å². The monoisotopic (exact) mass is 378 g/mol. The number of carbonyl (C=O) groups is 1. The van der Waals surface area contributed by atoms with Gasteiger partial charge in [-0.2, -0.15) is 5.10 Å². The number of nitrogens with one attached hydrogen (secondary N) is 2. The van der Waals surface area contributed by atoms with Gasteiger partial charge in [0, 0.05) is 17.1 Å². The molecule has 140 valence electrons. The Labute approximate surface area is 159 Å². The average molecular weight is 378 g/mol. The van der Waals surface area contributed by atoms with Crippen molar-refractivity contribution in [3.63, 3.8) is 0 Å². The molecule has 0 aliphatic carbocycles. The molecule has 0 spiro atoms. The maximum Gasteiger partial charge on any atom is 0.252 e. The molecule has 0 saturated heterocycles. The van der Waals surface area contributed by atoms with Gasteiger partial charge < -0.3 is 5.32 Å². The smallest absolute Gasteiger partial charge is 0.252 e. The Hall–Kier alpha value is -3.61. The van der Waals surface area contributed by atoms with Crippen molar-refractivity contribution >= 4 is 16.8 Å². The van der Waals surface area contributed by atoms with Crippen molar-refractivity contribution in [3.8, 4) is 0 Å². The molecule has 5 nitrogen and oxygen atoms in total. The summed E-state index contributed by atoms with van der Waals surface area (Å²) in [5.74, 6) is -0.924. The maximum absolute atomic E-state index is 14.4. The number of aromatic nitrogens is 3. The molecular weight excluding hydrogens is 362 g/mol. The fourth-order valence-electron chi connectivity index (χ4n) is 3.01. The highest BCUT2D eigenvalue weighted by Crippen LogP contribution is 2.24. The molecule has 0 aliphatic rings. The lowest BCUT2D eigenvalue weighted by molar-refractivity contribution is 0.0942. The zero-order valence-electron chi connectivity index (χ0n) is 14.7. The molecule has 0 bridgehead atoms. The molecule has 2 aromatic heterocycles. The SMILES string of the molecule is O=C(N[C@@H](c1ccc(CF)cc1)c1ncccc1F)c1ccc2cn[nH]c2c1. The maximum atomic E-state index is 14.4. The van der Waals surface area contributed by atoms with Crippen LogP contribution in [-0.4, -0.2) is 21.1 Å². The van der Waals surface area contributed by atoms with Crippen molar-refractivity contribution in [3.05, 3.63) is 95.2 Å². The van der Waals surface area contributed by atoms with Crippen molar-refractivity contribution in [2.24, 2.45) is 0 Å². The largest absolute Gasteiger partial charge is 0.339 e. The third-order valence-electron chi connectivity index (χ3n) is 4.51. The quantitative estimate of drug-likeness (QED) is 0.550. The number of amides is 1. The van der Waals surface area contributed by atoms with Gasteiger partial charge in [0.05, 0.1) is 17.8 Å². The summed E-state index contributed by atoms with van der Waals surface area (Å²) in [5.41, 5.74) is 2.32. The molecule has 0 aliphatic heterocycles. The number of rotatable bonds is 5. The van der Waals surface area contributed by atoms with E-state index in [2.05, 4.69) is 20.5 Å². The number of hydrogen-bond acceptors (Lipinski definition) is 3. The second kappa shape index (κ2) is 7.56. The highest BCUT2D eigenvalue weighted by Gasteiger charge is 2.22. The number of alkyl halides is 1. The van der Waals surface area contributed by atoms with E-state index in [9.17, 15) is 13.6 Å². The van der Waals surface area contributed by atoms with Gasteiger partial charge in [0.15, 0.2) is 0 Å². The van der Waals surface area contributed by atoms with Crippen LogP contribution in [0.25, 0.3) is 10.9 Å². The summed E-state index contributed by atoms with van der Waals surface area (Å²) in [6.07, 6.45) is 3.12. The van der Waals surface area contributed by atoms with Crippen LogP contribution in [0.2, 0.25) is 0 Å². The summed E-state index contributed by atoms with van der Waals surface area (Å²) in [7, 11) is 0. The Balaban J connectivity index is 1.70. The average Bonchev–Trinajstić information content (AvgIpc) is 3.20. The van der Waals surface area contributed by atoms with Gasteiger partial charge in [-0.25, -0.2) is 8.78 Å². The number of pyridine rings is 1. The van der Waals surface area contributed by atoms with E-state index < -0.39 is 18.5 Å². The summed E-state index contributed by atoms with van der Waals surface area (Å²) < 4.78 is 27.2. The highest BCUT2D eigenvalue weighted by molar-refractivity contribution is 5.98. The summed E-state index contributed by atoms with van der Waals surface area (Å²) in [4.78, 5) is 17.0. The lowest BCUT2D eigenvalue weighted by Gasteiger charge is -2.20. The first-order valence-electron chi connectivity index (χ1n) is 8.65. The van der Waals surface area contributed by atoms with E-state index in [-0.39, 0.29) is 11.6 Å². The number of halogens is 2. The molecular formula is C21H16F2N4O. The Morgan fingerprint density at radius 2 is 1.96 bits per heavy atom. The second-order valence-electron chi connectivity index (χ2n) is 6.32. The predicted octanol–water partition coefficient (Wildman–Crippen LogP) is 4.09. The number of hydrogen-bond donors (Lipinski definition) is 2. The van der Waals surface area contributed by atoms with Crippen LogP contribution in [0.15, 0.2) is 67.0 Å². The normalized spacial score (nSPS) is 12.1. The molecule has 1 amide bonds. The summed E-state index contributed by atoms with van der Waals surface area (Å²) in [6, 6.07) is 13.6. The van der Waals surface area contributed by atoms with Crippen molar-refractivity contribution in [1.29, 1.82) is 0 Å². The van der Waals surface area contributed by atoms with E-state index in [0.29, 0.717) is 16.7 Å². The number of nitrogens with zero attached hydrogens (tertiary/aromatic N) is 2. The van der Waals surface area contributed by atoms with Gasteiger partial charge in [0.1, 0.15) is 18.2 Å². The van der Waals surface area contributed by atoms with Crippen LogP contribution in [0.1, 0.15) is 33.2 Å². The number of benzene rings is 2. The fourth-order valence-corrected chi connectivity index (χ4v) is 3.01. The molecule has 0 saturated carbocycles. The third-order valence-corrected chi connectivity index (χ3v) is 4.51. The molecule has 2 N–H and O–H groups in total. The number of H-pyrrole nitrogens is 1. The zero-order chi connectivity index (χ0) is 19.5. The number of fused-ring (bicyclic) bond motifs is 1. The van der Waals surface area contributed by atoms with Crippen LogP contribution < -0.4 is 5.32 Å². The Bertz CT molecular complexity index is 1120. The lowest BCUT2D eigenvalue weighted by Crippen LogP contribution is -2.30. The van der Waals surface area contributed by atoms with Gasteiger partial charge in [-0.3, -0.25) is 14.9 Å². The topological polar surface area (TPSA) is 70.7 Å². The first kappa shape index (κ1) is 17.8. The number of carbonyl (C=O) groups excluding carboxylic acids is 1. The highest BCUT2D eigenvalue weighted by atomic mass is 19.1. The molecule has 1 atom stereocenters. The van der Waals surface area contributed by atoms with E-state index in [4.69, 9.17) is 0 Å². The minimum absolute atomic E-state index is 0.0893. The summed E-state index contributed by atoms with van der Waals surface area (Å²) in [6.45, 7) is -0.598. The van der Waals surface area contributed by atoms with Crippen LogP contribution in [0.3, 0.4) is 0 Å². The predicted molar refractivity (Wildman–Crippen MR) is 101 cm³/mol. The Kier molecular flexibility index (Phi) is 4.80. The molecule has 28 heavy (non-hydrogen) atoms. The van der Waals surface area contributed by atoms with E-state index in [0.717, 1.165) is 10.9 Å². The minimum Gasteiger partial charge on any atom is -0.339 e.